The molecular formula is C23H23AuO2P. The first-order chi connectivity index (χ1) is 12.6. The minimum absolute atomic E-state index is 0. The third-order valence-electron chi connectivity index (χ3n) is 3.46. The molecule has 0 aliphatic rings. The van der Waals surface area contributed by atoms with Crippen molar-refractivity contribution in [2.24, 2.45) is 0 Å². The van der Waals surface area contributed by atoms with Crippen molar-refractivity contribution in [3.05, 3.63) is 103 Å². The van der Waals surface area contributed by atoms with Gasteiger partial charge in [0.15, 0.2) is 5.78 Å². The van der Waals surface area contributed by atoms with E-state index in [1.807, 2.05) is 0 Å². The van der Waals surface area contributed by atoms with Gasteiger partial charge in [0.05, 0.1) is 5.76 Å². The average Bonchev–Trinajstić information content (AvgIpc) is 2.64. The fourth-order valence-electron chi connectivity index (χ4n) is 2.47. The number of carbonyl (C=O) groups is 1. The summed E-state index contributed by atoms with van der Waals surface area (Å²) in [5.74, 6) is -0.0625. The van der Waals surface area contributed by atoms with E-state index in [0.29, 0.717) is 0 Å². The zero-order valence-electron chi connectivity index (χ0n) is 15.3. The van der Waals surface area contributed by atoms with Crippen molar-refractivity contribution in [1.29, 1.82) is 0 Å². The molecular weight excluding hydrogens is 536 g/mol. The number of ketones is 1. The van der Waals surface area contributed by atoms with Gasteiger partial charge in [0.25, 0.3) is 0 Å². The van der Waals surface area contributed by atoms with Crippen molar-refractivity contribution in [3.63, 3.8) is 0 Å². The first-order valence-electron chi connectivity index (χ1n) is 8.41. The number of allylic oxidation sites excluding steroid dienone is 2. The molecule has 0 aliphatic heterocycles. The molecule has 0 spiro atoms. The molecule has 3 aromatic carbocycles. The van der Waals surface area contributed by atoms with Gasteiger partial charge < -0.3 is 5.11 Å². The second kappa shape index (κ2) is 12.4. The van der Waals surface area contributed by atoms with E-state index < -0.39 is 7.92 Å². The van der Waals surface area contributed by atoms with E-state index in [9.17, 15) is 4.79 Å². The number of benzene rings is 3. The van der Waals surface area contributed by atoms with Crippen LogP contribution in [-0.2, 0) is 27.2 Å². The summed E-state index contributed by atoms with van der Waals surface area (Å²) in [6.45, 7) is 2.85. The number of carbonyl (C=O) groups excluding carboxylic acids is 1. The predicted molar refractivity (Wildman–Crippen MR) is 112 cm³/mol. The van der Waals surface area contributed by atoms with Gasteiger partial charge in [-0.15, -0.1) is 0 Å². The molecule has 0 heterocycles. The third-order valence-corrected chi connectivity index (χ3v) is 5.90. The van der Waals surface area contributed by atoms with E-state index in [2.05, 4.69) is 91.0 Å². The monoisotopic (exact) mass is 559 g/mol. The van der Waals surface area contributed by atoms with Gasteiger partial charge >= 0.3 is 0 Å². The summed E-state index contributed by atoms with van der Waals surface area (Å²) in [5.41, 5.74) is 0. The van der Waals surface area contributed by atoms with Gasteiger partial charge in [-0.25, -0.2) is 0 Å². The number of hydrogen-bond acceptors (Lipinski definition) is 2. The molecule has 1 N–H and O–H groups in total. The van der Waals surface area contributed by atoms with Crippen molar-refractivity contribution >= 4 is 29.6 Å². The molecule has 4 heteroatoms. The van der Waals surface area contributed by atoms with E-state index in [1.165, 1.54) is 35.8 Å². The van der Waals surface area contributed by atoms with Crippen LogP contribution in [0.5, 0.6) is 0 Å². The number of rotatable bonds is 4. The fourth-order valence-corrected chi connectivity index (χ4v) is 4.78. The van der Waals surface area contributed by atoms with Gasteiger partial charge in [0, 0.05) is 28.5 Å². The van der Waals surface area contributed by atoms with E-state index in [4.69, 9.17) is 5.11 Å². The number of aliphatic hydroxyl groups excluding tert-OH is 1. The first-order valence-corrected chi connectivity index (χ1v) is 9.75. The maximum Gasteiger partial charge on any atom is 0.155 e. The second-order valence-electron chi connectivity index (χ2n) is 5.74. The molecule has 143 valence electrons. The van der Waals surface area contributed by atoms with Crippen molar-refractivity contribution in [1.82, 2.24) is 0 Å². The molecule has 0 unspecified atom stereocenters. The standard InChI is InChI=1S/C18H15P.C5H8O2.Au/c1-4-10-16(11-5-1)19(17-12-6-2-7-13-17)18-14-8-3-9-15-18;1-4(6)3-5(2)7;/h1-15H;3,6H,1-2H3;/b;4-3-;. The van der Waals surface area contributed by atoms with E-state index in [1.54, 1.807) is 0 Å². The Morgan fingerprint density at radius 3 is 1.19 bits per heavy atom. The van der Waals surface area contributed by atoms with Crippen LogP contribution in [0.3, 0.4) is 0 Å². The largest absolute Gasteiger partial charge is 0.512 e. The molecule has 0 fully saturated rings. The molecule has 3 aromatic rings. The molecule has 0 aliphatic carbocycles. The van der Waals surface area contributed by atoms with Crippen LogP contribution in [0.1, 0.15) is 13.8 Å². The summed E-state index contributed by atoms with van der Waals surface area (Å²) >= 11 is 0. The Bertz CT molecular complexity index is 736. The molecule has 27 heavy (non-hydrogen) atoms. The van der Waals surface area contributed by atoms with Crippen LogP contribution in [0.4, 0.5) is 0 Å². The number of aliphatic hydroxyl groups is 1. The van der Waals surface area contributed by atoms with E-state index in [-0.39, 0.29) is 33.9 Å². The van der Waals surface area contributed by atoms with E-state index >= 15 is 0 Å². The summed E-state index contributed by atoms with van der Waals surface area (Å²) in [7, 11) is -0.446. The maximum absolute atomic E-state index is 10.0. The zero-order valence-corrected chi connectivity index (χ0v) is 18.4. The fraction of sp³-hybridized carbons (Fsp3) is 0.0870. The summed E-state index contributed by atoms with van der Waals surface area (Å²) in [5, 5.41) is 12.6. The Labute approximate surface area is 178 Å². The molecule has 1 radical (unpaired) electrons. The van der Waals surface area contributed by atoms with Crippen LogP contribution in [0.25, 0.3) is 0 Å². The Hall–Kier alpha value is -1.96. The summed E-state index contributed by atoms with van der Waals surface area (Å²) in [6, 6.07) is 32.3. The van der Waals surface area contributed by atoms with Crippen LogP contribution in [0.2, 0.25) is 0 Å². The summed E-state index contributed by atoms with van der Waals surface area (Å²) in [6.07, 6.45) is 1.17. The Morgan fingerprint density at radius 2 is 1.00 bits per heavy atom. The van der Waals surface area contributed by atoms with Gasteiger partial charge in [-0.3, -0.25) is 4.79 Å². The first kappa shape index (κ1) is 23.1. The third kappa shape index (κ3) is 8.07. The number of hydrogen-bond donors (Lipinski definition) is 1. The molecule has 0 atom stereocenters. The maximum atomic E-state index is 10.0. The van der Waals surface area contributed by atoms with Crippen LogP contribution < -0.4 is 15.9 Å². The SMILES string of the molecule is CC(=O)/C=C(/C)O.[Au].c1ccc(P(c2ccccc2)c2ccccc2)cc1. The van der Waals surface area contributed by atoms with Crippen molar-refractivity contribution < 1.29 is 32.3 Å². The minimum atomic E-state index is -0.446. The van der Waals surface area contributed by atoms with Crippen LogP contribution in [-0.4, -0.2) is 10.9 Å². The summed E-state index contributed by atoms with van der Waals surface area (Å²) in [4.78, 5) is 10.0. The molecule has 0 saturated heterocycles. The minimum Gasteiger partial charge on any atom is -0.512 e. The Morgan fingerprint density at radius 1 is 0.704 bits per heavy atom. The smallest absolute Gasteiger partial charge is 0.155 e. The van der Waals surface area contributed by atoms with Gasteiger partial charge in [0.2, 0.25) is 0 Å². The molecule has 2 nitrogen and oxygen atoms in total. The Balaban J connectivity index is 0.000000395. The van der Waals surface area contributed by atoms with E-state index in [0.717, 1.165) is 0 Å². The average molecular weight is 559 g/mol. The van der Waals surface area contributed by atoms with Crippen molar-refractivity contribution in [2.75, 3.05) is 0 Å². The normalized spacial score (nSPS) is 10.4. The van der Waals surface area contributed by atoms with Crippen LogP contribution in [0, 0.1) is 0 Å². The Kier molecular flexibility index (Phi) is 10.6. The second-order valence-corrected chi connectivity index (χ2v) is 7.96. The van der Waals surface area contributed by atoms with Gasteiger partial charge in [-0.05, 0) is 37.7 Å². The van der Waals surface area contributed by atoms with Crippen LogP contribution in [0.15, 0.2) is 103 Å². The van der Waals surface area contributed by atoms with Crippen LogP contribution >= 0.6 is 7.92 Å². The molecule has 3 rings (SSSR count). The van der Waals surface area contributed by atoms with Crippen molar-refractivity contribution in [3.8, 4) is 0 Å². The molecule has 0 bridgehead atoms. The molecule has 0 aromatic heterocycles. The summed E-state index contributed by atoms with van der Waals surface area (Å²) < 4.78 is 0. The molecule has 0 saturated carbocycles. The van der Waals surface area contributed by atoms with Crippen molar-refractivity contribution in [2.45, 2.75) is 13.8 Å². The quantitative estimate of drug-likeness (QED) is 0.222. The van der Waals surface area contributed by atoms with Gasteiger partial charge in [-0.2, -0.15) is 0 Å². The zero-order chi connectivity index (χ0) is 18.8. The van der Waals surface area contributed by atoms with Gasteiger partial charge in [-0.1, -0.05) is 91.0 Å². The predicted octanol–water partition coefficient (Wildman–Crippen LogP) is 4.48. The van der Waals surface area contributed by atoms with Gasteiger partial charge in [0.1, 0.15) is 0 Å². The topological polar surface area (TPSA) is 37.3 Å². The molecule has 0 amide bonds.